The molecule has 1 aromatic heterocycles. The van der Waals surface area contributed by atoms with E-state index in [1.165, 1.54) is 0 Å². The lowest BCUT2D eigenvalue weighted by Gasteiger charge is -2.41. The Bertz CT molecular complexity index is 635. The van der Waals surface area contributed by atoms with Crippen LogP contribution in [0.1, 0.15) is 31.7 Å². The molecule has 22 heavy (non-hydrogen) atoms. The van der Waals surface area contributed by atoms with Gasteiger partial charge < -0.3 is 4.74 Å². The van der Waals surface area contributed by atoms with Crippen molar-refractivity contribution in [2.45, 2.75) is 32.7 Å². The molecule has 0 bridgehead atoms. The maximum Gasteiger partial charge on any atom is 0.176 e. The quantitative estimate of drug-likeness (QED) is 0.863. The first kappa shape index (κ1) is 15.1. The molecule has 0 aliphatic carbocycles. The predicted molar refractivity (Wildman–Crippen MR) is 83.9 cm³/mol. The minimum absolute atomic E-state index is 0.199. The minimum Gasteiger partial charge on any atom is -0.379 e. The highest BCUT2D eigenvalue weighted by molar-refractivity contribution is 5.40. The molecule has 1 aliphatic heterocycles. The molecule has 1 fully saturated rings. The SMILES string of the molecule is CCC(C)(c1nnnn1-c1ccccc1C)N1CCOCC1. The maximum absolute atomic E-state index is 5.49. The van der Waals surface area contributed by atoms with Crippen molar-refractivity contribution in [3.05, 3.63) is 35.7 Å². The summed E-state index contributed by atoms with van der Waals surface area (Å²) in [6.07, 6.45) is 0.944. The molecule has 1 aliphatic rings. The van der Waals surface area contributed by atoms with E-state index in [4.69, 9.17) is 4.74 Å². The zero-order valence-corrected chi connectivity index (χ0v) is 13.5. The fourth-order valence-corrected chi connectivity index (χ4v) is 3.07. The van der Waals surface area contributed by atoms with Crippen LogP contribution >= 0.6 is 0 Å². The highest BCUT2D eigenvalue weighted by Crippen LogP contribution is 2.32. The number of hydrogen-bond donors (Lipinski definition) is 0. The Morgan fingerprint density at radius 1 is 1.23 bits per heavy atom. The van der Waals surface area contributed by atoms with Crippen LogP contribution in [0.25, 0.3) is 5.69 Å². The van der Waals surface area contributed by atoms with Gasteiger partial charge in [0, 0.05) is 13.1 Å². The lowest BCUT2D eigenvalue weighted by molar-refractivity contribution is -0.0240. The number of morpholine rings is 1. The summed E-state index contributed by atoms with van der Waals surface area (Å²) < 4.78 is 7.37. The van der Waals surface area contributed by atoms with Gasteiger partial charge in [-0.25, -0.2) is 0 Å². The van der Waals surface area contributed by atoms with E-state index in [-0.39, 0.29) is 5.54 Å². The molecule has 0 spiro atoms. The van der Waals surface area contributed by atoms with Crippen LogP contribution in [0.4, 0.5) is 0 Å². The second-order valence-electron chi connectivity index (χ2n) is 5.93. The molecule has 0 N–H and O–H groups in total. The molecular formula is C16H23N5O. The highest BCUT2D eigenvalue weighted by Gasteiger charge is 2.38. The Kier molecular flexibility index (Phi) is 4.22. The van der Waals surface area contributed by atoms with Crippen LogP contribution in [-0.4, -0.2) is 51.4 Å². The van der Waals surface area contributed by atoms with Crippen LogP contribution in [0.3, 0.4) is 0 Å². The van der Waals surface area contributed by atoms with Gasteiger partial charge in [0.05, 0.1) is 24.4 Å². The highest BCUT2D eigenvalue weighted by atomic mass is 16.5. The maximum atomic E-state index is 5.49. The number of rotatable bonds is 4. The summed E-state index contributed by atoms with van der Waals surface area (Å²) in [7, 11) is 0. The summed E-state index contributed by atoms with van der Waals surface area (Å²) in [4.78, 5) is 2.43. The van der Waals surface area contributed by atoms with E-state index in [1.54, 1.807) is 0 Å². The number of benzene rings is 1. The van der Waals surface area contributed by atoms with Crippen LogP contribution in [0.2, 0.25) is 0 Å². The van der Waals surface area contributed by atoms with Crippen molar-refractivity contribution >= 4 is 0 Å². The first-order valence-corrected chi connectivity index (χ1v) is 7.84. The third kappa shape index (κ3) is 2.53. The van der Waals surface area contributed by atoms with E-state index < -0.39 is 0 Å². The first-order valence-electron chi connectivity index (χ1n) is 7.84. The molecule has 1 aromatic carbocycles. The lowest BCUT2D eigenvalue weighted by atomic mass is 9.94. The fraction of sp³-hybridized carbons (Fsp3) is 0.562. The Hall–Kier alpha value is -1.79. The topological polar surface area (TPSA) is 56.1 Å². The van der Waals surface area contributed by atoms with Crippen molar-refractivity contribution in [3.8, 4) is 5.69 Å². The zero-order valence-electron chi connectivity index (χ0n) is 13.5. The van der Waals surface area contributed by atoms with Gasteiger partial charge >= 0.3 is 0 Å². The van der Waals surface area contributed by atoms with Crippen LogP contribution in [0, 0.1) is 6.92 Å². The van der Waals surface area contributed by atoms with Crippen molar-refractivity contribution in [1.82, 2.24) is 25.1 Å². The van der Waals surface area contributed by atoms with Crippen molar-refractivity contribution in [1.29, 1.82) is 0 Å². The molecule has 0 radical (unpaired) electrons. The molecule has 0 amide bonds. The number of hydrogen-bond acceptors (Lipinski definition) is 5. The minimum atomic E-state index is -0.199. The zero-order chi connectivity index (χ0) is 15.6. The summed E-state index contributed by atoms with van der Waals surface area (Å²) in [6.45, 7) is 9.84. The van der Waals surface area contributed by atoms with Crippen LogP contribution in [0.5, 0.6) is 0 Å². The fourth-order valence-electron chi connectivity index (χ4n) is 3.07. The number of ether oxygens (including phenoxy) is 1. The van der Waals surface area contributed by atoms with E-state index in [0.717, 1.165) is 49.8 Å². The van der Waals surface area contributed by atoms with E-state index in [2.05, 4.69) is 53.3 Å². The van der Waals surface area contributed by atoms with E-state index >= 15 is 0 Å². The van der Waals surface area contributed by atoms with Gasteiger partial charge in [0.15, 0.2) is 5.82 Å². The molecule has 6 heteroatoms. The molecule has 3 rings (SSSR count). The van der Waals surface area contributed by atoms with Gasteiger partial charge in [-0.1, -0.05) is 25.1 Å². The van der Waals surface area contributed by atoms with E-state index in [1.807, 2.05) is 16.8 Å². The Morgan fingerprint density at radius 3 is 2.64 bits per heavy atom. The average Bonchev–Trinajstić information content (AvgIpc) is 3.05. The standard InChI is InChI=1S/C16H23N5O/c1-4-16(3,20-9-11-22-12-10-20)15-17-18-19-21(15)14-8-6-5-7-13(14)2/h5-8H,4,9-12H2,1-3H3. The predicted octanol–water partition coefficient (Wildman–Crippen LogP) is 1.93. The summed E-state index contributed by atoms with van der Waals surface area (Å²) in [5.41, 5.74) is 2.00. The van der Waals surface area contributed by atoms with Crippen LogP contribution in [-0.2, 0) is 10.3 Å². The number of tetrazole rings is 1. The van der Waals surface area contributed by atoms with Crippen LogP contribution < -0.4 is 0 Å². The van der Waals surface area contributed by atoms with Gasteiger partial charge in [0.2, 0.25) is 0 Å². The third-order valence-electron chi connectivity index (χ3n) is 4.69. The van der Waals surface area contributed by atoms with E-state index in [9.17, 15) is 0 Å². The molecule has 1 saturated heterocycles. The lowest BCUT2D eigenvalue weighted by Crippen LogP contribution is -2.50. The molecule has 1 atom stereocenters. The monoisotopic (exact) mass is 301 g/mol. The summed E-state index contributed by atoms with van der Waals surface area (Å²) in [5, 5.41) is 12.6. The van der Waals surface area contributed by atoms with Gasteiger partial charge in [-0.05, 0) is 42.3 Å². The summed E-state index contributed by atoms with van der Waals surface area (Å²) in [5.74, 6) is 0.895. The molecular weight excluding hydrogens is 278 g/mol. The average molecular weight is 301 g/mol. The molecule has 6 nitrogen and oxygen atoms in total. The largest absolute Gasteiger partial charge is 0.379 e. The van der Waals surface area contributed by atoms with Gasteiger partial charge in [0.25, 0.3) is 0 Å². The second kappa shape index (κ2) is 6.14. The number of aromatic nitrogens is 4. The van der Waals surface area contributed by atoms with Gasteiger partial charge in [0.1, 0.15) is 0 Å². The van der Waals surface area contributed by atoms with Crippen molar-refractivity contribution in [2.75, 3.05) is 26.3 Å². The normalized spacial score (nSPS) is 19.0. The second-order valence-corrected chi connectivity index (χ2v) is 5.93. The summed E-state index contributed by atoms with van der Waals surface area (Å²) >= 11 is 0. The van der Waals surface area contributed by atoms with Gasteiger partial charge in [-0.2, -0.15) is 4.68 Å². The smallest absolute Gasteiger partial charge is 0.176 e. The Morgan fingerprint density at radius 2 is 1.95 bits per heavy atom. The molecule has 0 saturated carbocycles. The van der Waals surface area contributed by atoms with Crippen molar-refractivity contribution < 1.29 is 4.74 Å². The Labute approximate surface area is 131 Å². The molecule has 1 unspecified atom stereocenters. The summed E-state index contributed by atoms with van der Waals surface area (Å²) in [6, 6.07) is 8.19. The van der Waals surface area contributed by atoms with E-state index in [0.29, 0.717) is 0 Å². The van der Waals surface area contributed by atoms with Crippen LogP contribution in [0.15, 0.2) is 24.3 Å². The van der Waals surface area contributed by atoms with Crippen molar-refractivity contribution in [3.63, 3.8) is 0 Å². The Balaban J connectivity index is 2.04. The number of nitrogens with zero attached hydrogens (tertiary/aromatic N) is 5. The molecule has 118 valence electrons. The van der Waals surface area contributed by atoms with Gasteiger partial charge in [-0.15, -0.1) is 5.10 Å². The van der Waals surface area contributed by atoms with Gasteiger partial charge in [-0.3, -0.25) is 4.90 Å². The molecule has 2 heterocycles. The van der Waals surface area contributed by atoms with Crippen molar-refractivity contribution in [2.24, 2.45) is 0 Å². The first-order chi connectivity index (χ1) is 10.7. The number of aryl methyl sites for hydroxylation is 1. The number of para-hydroxylation sites is 1. The third-order valence-corrected chi connectivity index (χ3v) is 4.69. The molecule has 2 aromatic rings.